The highest BCUT2D eigenvalue weighted by molar-refractivity contribution is 7.89. The van der Waals surface area contributed by atoms with E-state index in [1.165, 1.54) is 26.0 Å². The number of sulfonamides is 1. The van der Waals surface area contributed by atoms with Crippen LogP contribution in [0, 0.1) is 11.8 Å². The number of benzene rings is 2. The summed E-state index contributed by atoms with van der Waals surface area (Å²) < 4.78 is 28.3. The first-order valence-electron chi connectivity index (χ1n) is 13.5. The van der Waals surface area contributed by atoms with E-state index in [9.17, 15) is 18.0 Å². The van der Waals surface area contributed by atoms with Gasteiger partial charge in [0.2, 0.25) is 21.8 Å². The van der Waals surface area contributed by atoms with Crippen LogP contribution < -0.4 is 21.1 Å². The maximum Gasteiger partial charge on any atom is 0.242 e. The minimum Gasteiger partial charge on any atom is -0.361 e. The number of nitrogens with two attached hydrogens (primary N) is 1. The Morgan fingerprint density at radius 1 is 1.05 bits per heavy atom. The maximum absolute atomic E-state index is 13.5. The first-order valence-corrected chi connectivity index (χ1v) is 15.0. The Morgan fingerprint density at radius 3 is 2.49 bits per heavy atom. The summed E-state index contributed by atoms with van der Waals surface area (Å²) in [6.45, 7) is 4.13. The number of fused-ring (bicyclic) bond motifs is 1. The van der Waals surface area contributed by atoms with Gasteiger partial charge in [-0.3, -0.25) is 9.59 Å². The molecule has 1 heterocycles. The second-order valence-corrected chi connectivity index (χ2v) is 12.7. The van der Waals surface area contributed by atoms with Crippen molar-refractivity contribution in [2.45, 2.75) is 62.4 Å². The minimum absolute atomic E-state index is 0.0576. The zero-order chi connectivity index (χ0) is 28.0. The Balaban J connectivity index is 1.50. The number of hydrogen-bond acceptors (Lipinski definition) is 5. The summed E-state index contributed by atoms with van der Waals surface area (Å²) in [6, 6.07) is 14.7. The summed E-state index contributed by atoms with van der Waals surface area (Å²) in [4.78, 5) is 30.2. The number of rotatable bonds is 11. The Kier molecular flexibility index (Phi) is 9.09. The van der Waals surface area contributed by atoms with Crippen molar-refractivity contribution in [2.24, 2.45) is 17.6 Å². The topological polar surface area (TPSA) is 146 Å². The highest BCUT2D eigenvalue weighted by Gasteiger charge is 2.36. The first kappa shape index (κ1) is 28.8. The van der Waals surface area contributed by atoms with Crippen molar-refractivity contribution < 1.29 is 18.0 Å². The molecule has 6 N–H and O–H groups in total. The van der Waals surface area contributed by atoms with E-state index >= 15 is 0 Å². The molecule has 1 fully saturated rings. The van der Waals surface area contributed by atoms with E-state index in [1.807, 2.05) is 30.5 Å². The molecular weight excluding hydrogens is 514 g/mol. The summed E-state index contributed by atoms with van der Waals surface area (Å²) in [5.74, 6) is -0.0799. The number of para-hydroxylation sites is 1. The van der Waals surface area contributed by atoms with Gasteiger partial charge in [-0.15, -0.1) is 0 Å². The van der Waals surface area contributed by atoms with Gasteiger partial charge < -0.3 is 21.4 Å². The lowest BCUT2D eigenvalue weighted by Crippen LogP contribution is -2.59. The van der Waals surface area contributed by atoms with E-state index in [-0.39, 0.29) is 17.2 Å². The molecule has 3 aromatic rings. The van der Waals surface area contributed by atoms with Crippen molar-refractivity contribution in [2.75, 3.05) is 13.1 Å². The van der Waals surface area contributed by atoms with Gasteiger partial charge >= 0.3 is 0 Å². The average molecular weight is 554 g/mol. The molecule has 0 spiro atoms. The molecule has 3 unspecified atom stereocenters. The summed E-state index contributed by atoms with van der Waals surface area (Å²) in [5, 5.41) is 6.84. The number of carbonyl (C=O) groups excluding carboxylic acids is 2. The molecule has 1 aliphatic carbocycles. The lowest BCUT2D eigenvalue weighted by atomic mass is 9.81. The zero-order valence-corrected chi connectivity index (χ0v) is 23.4. The second-order valence-electron chi connectivity index (χ2n) is 11.0. The molecular formula is C29H39N5O4S. The van der Waals surface area contributed by atoms with E-state index in [4.69, 9.17) is 5.73 Å². The molecule has 4 rings (SSSR count). The second kappa shape index (κ2) is 12.3. The lowest BCUT2D eigenvalue weighted by Gasteiger charge is -2.30. The van der Waals surface area contributed by atoms with Gasteiger partial charge in [-0.1, -0.05) is 42.8 Å². The van der Waals surface area contributed by atoms with Crippen molar-refractivity contribution in [3.63, 3.8) is 0 Å². The summed E-state index contributed by atoms with van der Waals surface area (Å²) in [5.41, 5.74) is 6.19. The van der Waals surface area contributed by atoms with Gasteiger partial charge in [0.1, 0.15) is 11.6 Å². The molecule has 2 aromatic carbocycles. The van der Waals surface area contributed by atoms with E-state index in [2.05, 4.69) is 20.3 Å². The van der Waals surface area contributed by atoms with Crippen LogP contribution in [0.2, 0.25) is 0 Å². The smallest absolute Gasteiger partial charge is 0.242 e. The van der Waals surface area contributed by atoms with Crippen molar-refractivity contribution in [3.05, 3.63) is 66.4 Å². The standard InChI is InChI=1S/C29H39N5O4S/c1-29(2,34-39(37,38)23-11-4-3-5-12-23)28(36)33-26(16-22-19-31-25-14-7-6-13-24(22)25)27(35)32-18-21-10-8-9-20(15-21)17-30/h3-7,11-14,19-21,26,31,34H,8-10,15-18,30H2,1-2H3,(H,32,35)(H,33,36). The van der Waals surface area contributed by atoms with Gasteiger partial charge in [0.25, 0.3) is 0 Å². The molecule has 1 aromatic heterocycles. The lowest BCUT2D eigenvalue weighted by molar-refractivity contribution is -0.131. The number of H-pyrrole nitrogens is 1. The van der Waals surface area contributed by atoms with Gasteiger partial charge in [0.05, 0.1) is 4.90 Å². The van der Waals surface area contributed by atoms with Crippen molar-refractivity contribution >= 4 is 32.7 Å². The third-order valence-corrected chi connectivity index (χ3v) is 9.19. The van der Waals surface area contributed by atoms with Gasteiger partial charge in [-0.05, 0) is 75.3 Å². The number of nitrogens with one attached hydrogen (secondary N) is 4. The fourth-order valence-corrected chi connectivity index (χ4v) is 6.68. The molecule has 10 heteroatoms. The summed E-state index contributed by atoms with van der Waals surface area (Å²) in [6.07, 6.45) is 6.31. The van der Waals surface area contributed by atoms with Crippen molar-refractivity contribution in [1.82, 2.24) is 20.3 Å². The number of amides is 2. The Morgan fingerprint density at radius 2 is 1.74 bits per heavy atom. The van der Waals surface area contributed by atoms with Crippen LogP contribution in [0.3, 0.4) is 0 Å². The average Bonchev–Trinajstić information content (AvgIpc) is 3.34. The van der Waals surface area contributed by atoms with E-state index in [0.717, 1.165) is 42.1 Å². The number of aromatic amines is 1. The van der Waals surface area contributed by atoms with Crippen molar-refractivity contribution in [1.29, 1.82) is 0 Å². The zero-order valence-electron chi connectivity index (χ0n) is 22.6. The maximum atomic E-state index is 13.5. The summed E-state index contributed by atoms with van der Waals surface area (Å²) in [7, 11) is -3.96. The van der Waals surface area contributed by atoms with E-state index < -0.39 is 27.5 Å². The van der Waals surface area contributed by atoms with Gasteiger partial charge in [0.15, 0.2) is 0 Å². The fourth-order valence-electron chi connectivity index (χ4n) is 5.28. The third kappa shape index (κ3) is 7.26. The molecule has 2 amide bonds. The Labute approximate surface area is 230 Å². The first-order chi connectivity index (χ1) is 18.6. The summed E-state index contributed by atoms with van der Waals surface area (Å²) >= 11 is 0. The quantitative estimate of drug-likeness (QED) is 0.248. The molecule has 1 saturated carbocycles. The molecule has 0 bridgehead atoms. The molecule has 1 aliphatic rings. The normalized spacial score (nSPS) is 18.9. The van der Waals surface area contributed by atoms with Crippen LogP contribution >= 0.6 is 0 Å². The van der Waals surface area contributed by atoms with Crippen LogP contribution in [0.15, 0.2) is 65.7 Å². The molecule has 39 heavy (non-hydrogen) atoms. The van der Waals surface area contributed by atoms with Gasteiger partial charge in [-0.25, -0.2) is 8.42 Å². The van der Waals surface area contributed by atoms with E-state index in [0.29, 0.717) is 24.9 Å². The van der Waals surface area contributed by atoms with Gasteiger partial charge in [0, 0.05) is 30.1 Å². The molecule has 0 aliphatic heterocycles. The molecule has 3 atom stereocenters. The monoisotopic (exact) mass is 553 g/mol. The Bertz CT molecular complexity index is 1390. The minimum atomic E-state index is -3.96. The predicted octanol–water partition coefficient (Wildman–Crippen LogP) is 2.83. The molecule has 9 nitrogen and oxygen atoms in total. The third-order valence-electron chi connectivity index (χ3n) is 7.52. The molecule has 0 radical (unpaired) electrons. The fraction of sp³-hybridized carbons (Fsp3) is 0.448. The number of aromatic nitrogens is 1. The van der Waals surface area contributed by atoms with Crippen LogP contribution in [0.25, 0.3) is 10.9 Å². The molecule has 210 valence electrons. The highest BCUT2D eigenvalue weighted by Crippen LogP contribution is 2.28. The SMILES string of the molecule is CC(C)(NS(=O)(=O)c1ccccc1)C(=O)NC(Cc1c[nH]c2ccccc12)C(=O)NCC1CCCC(CN)C1. The van der Waals surface area contributed by atoms with Crippen LogP contribution in [-0.4, -0.2) is 49.9 Å². The van der Waals surface area contributed by atoms with Crippen LogP contribution in [0.1, 0.15) is 45.1 Å². The van der Waals surface area contributed by atoms with E-state index in [1.54, 1.807) is 18.2 Å². The number of carbonyl (C=O) groups is 2. The van der Waals surface area contributed by atoms with Crippen LogP contribution in [-0.2, 0) is 26.0 Å². The Hall–Kier alpha value is -3.21. The van der Waals surface area contributed by atoms with Crippen molar-refractivity contribution in [3.8, 4) is 0 Å². The van der Waals surface area contributed by atoms with Crippen LogP contribution in [0.4, 0.5) is 0 Å². The molecule has 0 saturated heterocycles. The van der Waals surface area contributed by atoms with Crippen LogP contribution in [0.5, 0.6) is 0 Å². The van der Waals surface area contributed by atoms with Gasteiger partial charge in [-0.2, -0.15) is 4.72 Å². The number of hydrogen-bond donors (Lipinski definition) is 5. The predicted molar refractivity (Wildman–Crippen MR) is 152 cm³/mol. The highest BCUT2D eigenvalue weighted by atomic mass is 32.2. The largest absolute Gasteiger partial charge is 0.361 e.